The molecule has 0 spiro atoms. The number of nitrogens with zero attached hydrogens (tertiary/aromatic N) is 1. The van der Waals surface area contributed by atoms with Crippen LogP contribution in [0.3, 0.4) is 0 Å². The van der Waals surface area contributed by atoms with Crippen molar-refractivity contribution in [3.63, 3.8) is 0 Å². The fraction of sp³-hybridized carbons (Fsp3) is 0.286. The van der Waals surface area contributed by atoms with E-state index in [-0.39, 0.29) is 18.5 Å². The maximum Gasteiger partial charge on any atom is 0.323 e. The first kappa shape index (κ1) is 23.4. The van der Waals surface area contributed by atoms with Gasteiger partial charge in [-0.25, -0.2) is 0 Å². The van der Waals surface area contributed by atoms with E-state index in [0.29, 0.717) is 40.6 Å². The van der Waals surface area contributed by atoms with E-state index in [4.69, 9.17) is 21.1 Å². The highest BCUT2D eigenvalue weighted by Gasteiger charge is 2.57. The van der Waals surface area contributed by atoms with Crippen molar-refractivity contribution in [2.45, 2.75) is 37.5 Å². The van der Waals surface area contributed by atoms with Crippen molar-refractivity contribution in [1.82, 2.24) is 4.90 Å². The summed E-state index contributed by atoms with van der Waals surface area (Å²) in [6.45, 7) is 0.725. The molecular weight excluding hydrogens is 464 g/mol. The topological polar surface area (TPSA) is 67.9 Å². The summed E-state index contributed by atoms with van der Waals surface area (Å²) in [5, 5.41) is 3.55. The number of carbonyl (C=O) groups is 2. The summed E-state index contributed by atoms with van der Waals surface area (Å²) in [7, 11) is 1.58. The molecule has 35 heavy (non-hydrogen) atoms. The average Bonchev–Trinajstić information content (AvgIpc) is 3.19. The molecule has 180 valence electrons. The number of piperidine rings is 1. The Morgan fingerprint density at radius 1 is 1.06 bits per heavy atom. The zero-order valence-corrected chi connectivity index (χ0v) is 20.3. The molecule has 0 aliphatic carbocycles. The van der Waals surface area contributed by atoms with E-state index >= 15 is 0 Å². The van der Waals surface area contributed by atoms with Crippen LogP contribution in [-0.2, 0) is 26.5 Å². The Morgan fingerprint density at radius 2 is 1.83 bits per heavy atom. The molecule has 1 N–H and O–H groups in total. The van der Waals surface area contributed by atoms with Crippen LogP contribution in [0.25, 0.3) is 0 Å². The van der Waals surface area contributed by atoms with E-state index in [1.54, 1.807) is 19.2 Å². The molecule has 3 aromatic rings. The fourth-order valence-corrected chi connectivity index (χ4v) is 5.49. The number of esters is 1. The number of carbonyl (C=O) groups excluding carboxylic acids is 2. The van der Waals surface area contributed by atoms with Crippen molar-refractivity contribution in [3.05, 3.63) is 94.5 Å². The van der Waals surface area contributed by atoms with Gasteiger partial charge in [0.05, 0.1) is 7.11 Å². The number of rotatable bonds is 6. The normalized spacial score (nSPS) is 21.8. The predicted octanol–water partition coefficient (Wildman–Crippen LogP) is 5.14. The van der Waals surface area contributed by atoms with Gasteiger partial charge in [-0.3, -0.25) is 14.5 Å². The lowest BCUT2D eigenvalue weighted by Gasteiger charge is -2.46. The van der Waals surface area contributed by atoms with Crippen molar-refractivity contribution in [1.29, 1.82) is 0 Å². The molecule has 0 radical (unpaired) electrons. The number of hydrogen-bond acceptors (Lipinski definition) is 5. The molecule has 0 aromatic heterocycles. The number of methoxy groups -OCH3 is 1. The van der Waals surface area contributed by atoms with Gasteiger partial charge in [0.1, 0.15) is 18.4 Å². The van der Waals surface area contributed by atoms with Gasteiger partial charge < -0.3 is 14.8 Å². The largest absolute Gasteiger partial charge is 0.496 e. The molecule has 2 aliphatic heterocycles. The van der Waals surface area contributed by atoms with Gasteiger partial charge in [0, 0.05) is 28.4 Å². The van der Waals surface area contributed by atoms with Crippen molar-refractivity contribution in [2.75, 3.05) is 19.0 Å². The van der Waals surface area contributed by atoms with Crippen molar-refractivity contribution < 1.29 is 19.1 Å². The minimum absolute atomic E-state index is 0.181. The average molecular weight is 491 g/mol. The van der Waals surface area contributed by atoms with Gasteiger partial charge in [-0.2, -0.15) is 0 Å². The highest BCUT2D eigenvalue weighted by molar-refractivity contribution is 6.31. The Hall–Kier alpha value is -3.35. The van der Waals surface area contributed by atoms with E-state index in [9.17, 15) is 9.59 Å². The third-order valence-corrected chi connectivity index (χ3v) is 7.11. The Balaban J connectivity index is 1.62. The molecule has 5 rings (SSSR count). The Morgan fingerprint density at radius 3 is 2.63 bits per heavy atom. The molecule has 6 nitrogen and oxygen atoms in total. The molecule has 1 saturated heterocycles. The molecule has 1 amide bonds. The third kappa shape index (κ3) is 4.07. The van der Waals surface area contributed by atoms with Crippen LogP contribution in [0.4, 0.5) is 5.69 Å². The van der Waals surface area contributed by atoms with Gasteiger partial charge in [0.15, 0.2) is 5.54 Å². The summed E-state index contributed by atoms with van der Waals surface area (Å²) in [5.74, 6) is -0.00872. The lowest BCUT2D eigenvalue weighted by Crippen LogP contribution is -2.60. The number of fused-ring (bicyclic) bond motifs is 1. The van der Waals surface area contributed by atoms with Crippen LogP contribution in [0.2, 0.25) is 5.02 Å². The lowest BCUT2D eigenvalue weighted by atomic mass is 9.78. The standard InChI is InChI=1S/C28H27ClN2O4/c1-34-25-13-6-5-11-21(25)28(22-17-20(29)14-15-23(22)30-27(28)33)31-16-8-7-12-24(31)26(32)35-18-19-9-3-2-4-10-19/h2-6,9-11,13-15,17,24H,7-8,12,16,18H2,1H3,(H,30,33)/t24-,28?/m0/s1. The Labute approximate surface area is 209 Å². The molecule has 0 saturated carbocycles. The van der Waals surface area contributed by atoms with E-state index in [2.05, 4.69) is 5.32 Å². The Kier molecular flexibility index (Phi) is 6.50. The molecule has 2 atom stereocenters. The van der Waals surface area contributed by atoms with Gasteiger partial charge in [-0.1, -0.05) is 66.6 Å². The SMILES string of the molecule is COc1ccccc1C1(N2CCCC[C@H]2C(=O)OCc2ccccc2)C(=O)Nc2ccc(Cl)cc21. The number of para-hydroxylation sites is 1. The molecule has 7 heteroatoms. The monoisotopic (exact) mass is 490 g/mol. The van der Waals surface area contributed by atoms with Crippen LogP contribution >= 0.6 is 11.6 Å². The van der Waals surface area contributed by atoms with Crippen LogP contribution in [0.1, 0.15) is 36.0 Å². The molecule has 2 aliphatic rings. The highest BCUT2D eigenvalue weighted by Crippen LogP contribution is 2.51. The molecule has 2 heterocycles. The third-order valence-electron chi connectivity index (χ3n) is 6.87. The molecule has 1 fully saturated rings. The quantitative estimate of drug-likeness (QED) is 0.484. The van der Waals surface area contributed by atoms with E-state index in [1.165, 1.54) is 0 Å². The molecule has 0 bridgehead atoms. The maximum atomic E-state index is 14.0. The number of amides is 1. The second-order valence-corrected chi connectivity index (χ2v) is 9.29. The van der Waals surface area contributed by atoms with Crippen LogP contribution in [0, 0.1) is 0 Å². The van der Waals surface area contributed by atoms with Crippen LogP contribution in [0.5, 0.6) is 5.75 Å². The van der Waals surface area contributed by atoms with Crippen LogP contribution in [0.15, 0.2) is 72.8 Å². The van der Waals surface area contributed by atoms with Gasteiger partial charge >= 0.3 is 5.97 Å². The second-order valence-electron chi connectivity index (χ2n) is 8.85. The highest BCUT2D eigenvalue weighted by atomic mass is 35.5. The summed E-state index contributed by atoms with van der Waals surface area (Å²) in [6.07, 6.45) is 2.31. The summed E-state index contributed by atoms with van der Waals surface area (Å²) in [4.78, 5) is 29.5. The van der Waals surface area contributed by atoms with Crippen LogP contribution in [-0.4, -0.2) is 36.5 Å². The van der Waals surface area contributed by atoms with Crippen LogP contribution < -0.4 is 10.1 Å². The number of ether oxygens (including phenoxy) is 2. The summed E-state index contributed by atoms with van der Waals surface area (Å²) < 4.78 is 11.5. The smallest absolute Gasteiger partial charge is 0.323 e. The van der Waals surface area contributed by atoms with Gasteiger partial charge in [-0.05, 0) is 42.7 Å². The predicted molar refractivity (Wildman–Crippen MR) is 134 cm³/mol. The summed E-state index contributed by atoms with van der Waals surface area (Å²) >= 11 is 6.43. The van der Waals surface area contributed by atoms with Gasteiger partial charge in [0.25, 0.3) is 5.91 Å². The van der Waals surface area contributed by atoms with Gasteiger partial charge in [-0.15, -0.1) is 0 Å². The first-order valence-electron chi connectivity index (χ1n) is 11.8. The number of halogens is 1. The Bertz CT molecular complexity index is 1250. The van der Waals surface area contributed by atoms with E-state index in [1.807, 2.05) is 65.6 Å². The zero-order valence-electron chi connectivity index (χ0n) is 19.5. The zero-order chi connectivity index (χ0) is 24.4. The minimum Gasteiger partial charge on any atom is -0.496 e. The maximum absolute atomic E-state index is 14.0. The van der Waals surface area contributed by atoms with Gasteiger partial charge in [0.2, 0.25) is 0 Å². The first-order chi connectivity index (χ1) is 17.1. The van der Waals surface area contributed by atoms with Crippen molar-refractivity contribution in [3.8, 4) is 5.75 Å². The number of benzene rings is 3. The number of nitrogens with one attached hydrogen (secondary N) is 1. The second kappa shape index (κ2) is 9.72. The summed E-state index contributed by atoms with van der Waals surface area (Å²) in [5.41, 5.74) is 1.68. The number of hydrogen-bond donors (Lipinski definition) is 1. The first-order valence-corrected chi connectivity index (χ1v) is 12.2. The number of likely N-dealkylation sites (tertiary alicyclic amines) is 1. The number of anilines is 1. The molecule has 1 unspecified atom stereocenters. The lowest BCUT2D eigenvalue weighted by molar-refractivity contribution is -0.157. The van der Waals surface area contributed by atoms with E-state index < -0.39 is 11.6 Å². The van der Waals surface area contributed by atoms with Crippen molar-refractivity contribution >= 4 is 29.2 Å². The minimum atomic E-state index is -1.29. The summed E-state index contributed by atoms with van der Waals surface area (Å²) in [6, 6.07) is 21.8. The fourth-order valence-electron chi connectivity index (χ4n) is 5.31. The van der Waals surface area contributed by atoms with Crippen molar-refractivity contribution in [2.24, 2.45) is 0 Å². The van der Waals surface area contributed by atoms with E-state index in [0.717, 1.165) is 18.4 Å². The molecule has 3 aromatic carbocycles. The molecular formula is C28H27ClN2O4.